The molecule has 0 atom stereocenters. The topological polar surface area (TPSA) is 46.1 Å². The second-order valence-electron chi connectivity index (χ2n) is 4.42. The molecule has 5 heteroatoms. The molecular formula is C14H12FN3O. The second-order valence-corrected chi connectivity index (χ2v) is 4.42. The van der Waals surface area contributed by atoms with E-state index in [1.165, 1.54) is 30.7 Å². The third kappa shape index (κ3) is 2.19. The van der Waals surface area contributed by atoms with Crippen LogP contribution in [0.4, 0.5) is 10.1 Å². The molecule has 2 heterocycles. The van der Waals surface area contributed by atoms with Crippen LogP contribution >= 0.6 is 0 Å². The summed E-state index contributed by atoms with van der Waals surface area (Å²) in [6.45, 7) is 0.575. The van der Waals surface area contributed by atoms with E-state index in [-0.39, 0.29) is 17.4 Å². The van der Waals surface area contributed by atoms with Gasteiger partial charge in [-0.05, 0) is 30.5 Å². The van der Waals surface area contributed by atoms with E-state index < -0.39 is 0 Å². The first-order valence-electron chi connectivity index (χ1n) is 6.12. The number of amides is 1. The van der Waals surface area contributed by atoms with Crippen molar-refractivity contribution in [2.75, 3.05) is 11.4 Å². The molecule has 0 bridgehead atoms. The van der Waals surface area contributed by atoms with Gasteiger partial charge in [0.2, 0.25) is 0 Å². The van der Waals surface area contributed by atoms with Gasteiger partial charge in [-0.25, -0.2) is 9.37 Å². The van der Waals surface area contributed by atoms with Crippen LogP contribution in [0.25, 0.3) is 0 Å². The van der Waals surface area contributed by atoms with Crippen LogP contribution in [0.1, 0.15) is 22.5 Å². The maximum atomic E-state index is 13.4. The van der Waals surface area contributed by atoms with E-state index in [0.29, 0.717) is 12.2 Å². The summed E-state index contributed by atoms with van der Waals surface area (Å²) in [7, 11) is 0. The number of benzene rings is 1. The summed E-state index contributed by atoms with van der Waals surface area (Å²) in [5.41, 5.74) is 1.91. The quantitative estimate of drug-likeness (QED) is 0.786. The Bertz CT molecular complexity index is 615. The molecule has 19 heavy (non-hydrogen) atoms. The molecular weight excluding hydrogens is 245 g/mol. The molecule has 0 unspecified atom stereocenters. The molecule has 0 spiro atoms. The van der Waals surface area contributed by atoms with Crippen LogP contribution in [0.3, 0.4) is 0 Å². The molecule has 1 aliphatic rings. The van der Waals surface area contributed by atoms with E-state index in [2.05, 4.69) is 9.97 Å². The number of hydrogen-bond acceptors (Lipinski definition) is 3. The van der Waals surface area contributed by atoms with Gasteiger partial charge in [0.05, 0.1) is 11.9 Å². The Kier molecular flexibility index (Phi) is 2.95. The van der Waals surface area contributed by atoms with Crippen LogP contribution in [0, 0.1) is 5.82 Å². The lowest BCUT2D eigenvalue weighted by molar-refractivity contribution is 0.0980. The molecule has 96 valence electrons. The predicted octanol–water partition coefficient (Wildman–Crippen LogP) is 2.21. The highest BCUT2D eigenvalue weighted by Crippen LogP contribution is 2.28. The molecule has 4 nitrogen and oxygen atoms in total. The summed E-state index contributed by atoms with van der Waals surface area (Å²) >= 11 is 0. The number of fused-ring (bicyclic) bond motifs is 1. The normalized spacial score (nSPS) is 14.1. The number of anilines is 1. The molecule has 2 aromatic rings. The highest BCUT2D eigenvalue weighted by molar-refractivity contribution is 6.05. The molecule has 0 saturated carbocycles. The van der Waals surface area contributed by atoms with Crippen LogP contribution < -0.4 is 4.90 Å². The SMILES string of the molecule is O=C(c1cnccn1)N1CCCc2ccc(F)cc21. The summed E-state index contributed by atoms with van der Waals surface area (Å²) in [4.78, 5) is 21.8. The standard InChI is InChI=1S/C14H12FN3O/c15-11-4-3-10-2-1-7-18(13(10)8-11)14(19)12-9-16-5-6-17-12/h3-6,8-9H,1-2,7H2. The van der Waals surface area contributed by atoms with E-state index >= 15 is 0 Å². The number of aryl methyl sites for hydroxylation is 1. The van der Waals surface area contributed by atoms with Crippen molar-refractivity contribution in [1.82, 2.24) is 9.97 Å². The molecule has 0 N–H and O–H groups in total. The van der Waals surface area contributed by atoms with Crippen molar-refractivity contribution in [1.29, 1.82) is 0 Å². The summed E-state index contributed by atoms with van der Waals surface area (Å²) in [6.07, 6.45) is 6.14. The molecule has 1 aromatic carbocycles. The van der Waals surface area contributed by atoms with Crippen LogP contribution in [-0.4, -0.2) is 22.4 Å². The van der Waals surface area contributed by atoms with Gasteiger partial charge in [-0.1, -0.05) is 6.07 Å². The summed E-state index contributed by atoms with van der Waals surface area (Å²) < 4.78 is 13.4. The average molecular weight is 257 g/mol. The van der Waals surface area contributed by atoms with E-state index in [1.54, 1.807) is 11.0 Å². The molecule has 1 amide bonds. The number of aromatic nitrogens is 2. The van der Waals surface area contributed by atoms with Crippen molar-refractivity contribution in [3.63, 3.8) is 0 Å². The van der Waals surface area contributed by atoms with Crippen molar-refractivity contribution < 1.29 is 9.18 Å². The fourth-order valence-corrected chi connectivity index (χ4v) is 2.31. The number of carbonyl (C=O) groups excluding carboxylic acids is 1. The fraction of sp³-hybridized carbons (Fsp3) is 0.214. The van der Waals surface area contributed by atoms with E-state index in [9.17, 15) is 9.18 Å². The fourth-order valence-electron chi connectivity index (χ4n) is 2.31. The minimum absolute atomic E-state index is 0.236. The zero-order chi connectivity index (χ0) is 13.2. The maximum Gasteiger partial charge on any atom is 0.278 e. The lowest BCUT2D eigenvalue weighted by Gasteiger charge is -2.29. The van der Waals surface area contributed by atoms with Crippen molar-refractivity contribution in [2.24, 2.45) is 0 Å². The van der Waals surface area contributed by atoms with E-state index in [1.807, 2.05) is 0 Å². The molecule has 3 rings (SSSR count). The summed E-state index contributed by atoms with van der Waals surface area (Å²) in [5, 5.41) is 0. The first kappa shape index (κ1) is 11.8. The molecule has 0 radical (unpaired) electrons. The lowest BCUT2D eigenvalue weighted by atomic mass is 10.0. The number of carbonyl (C=O) groups is 1. The van der Waals surface area contributed by atoms with Gasteiger partial charge < -0.3 is 4.90 Å². The van der Waals surface area contributed by atoms with Gasteiger partial charge in [0.1, 0.15) is 11.5 Å². The van der Waals surface area contributed by atoms with Crippen LogP contribution in [0.5, 0.6) is 0 Å². The average Bonchev–Trinajstić information content (AvgIpc) is 2.47. The monoisotopic (exact) mass is 257 g/mol. The van der Waals surface area contributed by atoms with Gasteiger partial charge in [0.25, 0.3) is 5.91 Å². The van der Waals surface area contributed by atoms with Crippen molar-refractivity contribution in [3.05, 3.63) is 53.9 Å². The number of halogens is 1. The smallest absolute Gasteiger partial charge is 0.278 e. The highest BCUT2D eigenvalue weighted by atomic mass is 19.1. The van der Waals surface area contributed by atoms with Crippen LogP contribution in [0.2, 0.25) is 0 Å². The number of nitrogens with zero attached hydrogens (tertiary/aromatic N) is 3. The van der Waals surface area contributed by atoms with Gasteiger partial charge in [-0.15, -0.1) is 0 Å². The Hall–Kier alpha value is -2.30. The van der Waals surface area contributed by atoms with Crippen LogP contribution in [0.15, 0.2) is 36.8 Å². The summed E-state index contributed by atoms with van der Waals surface area (Å²) in [5.74, 6) is -0.572. The minimum Gasteiger partial charge on any atom is -0.307 e. The van der Waals surface area contributed by atoms with Crippen molar-refractivity contribution in [2.45, 2.75) is 12.8 Å². The molecule has 0 aliphatic carbocycles. The molecule has 1 aliphatic heterocycles. The predicted molar refractivity (Wildman–Crippen MR) is 68.4 cm³/mol. The van der Waals surface area contributed by atoms with Crippen molar-refractivity contribution >= 4 is 11.6 Å². The van der Waals surface area contributed by atoms with Gasteiger partial charge in [-0.3, -0.25) is 9.78 Å². The highest BCUT2D eigenvalue weighted by Gasteiger charge is 2.24. The van der Waals surface area contributed by atoms with E-state index in [4.69, 9.17) is 0 Å². The Labute approximate surface area is 109 Å². The summed E-state index contributed by atoms with van der Waals surface area (Å²) in [6, 6.07) is 4.57. The molecule has 1 aromatic heterocycles. The Balaban J connectivity index is 2.00. The van der Waals surface area contributed by atoms with Gasteiger partial charge >= 0.3 is 0 Å². The first-order chi connectivity index (χ1) is 9.25. The van der Waals surface area contributed by atoms with Crippen LogP contribution in [-0.2, 0) is 6.42 Å². The third-order valence-corrected chi connectivity index (χ3v) is 3.19. The Morgan fingerprint density at radius 2 is 2.21 bits per heavy atom. The number of hydrogen-bond donors (Lipinski definition) is 0. The number of rotatable bonds is 1. The maximum absolute atomic E-state index is 13.4. The van der Waals surface area contributed by atoms with Gasteiger partial charge in [0.15, 0.2) is 0 Å². The first-order valence-corrected chi connectivity index (χ1v) is 6.12. The molecule has 0 fully saturated rings. The Morgan fingerprint density at radius 3 is 3.00 bits per heavy atom. The minimum atomic E-state index is -0.336. The van der Waals surface area contributed by atoms with Gasteiger partial charge in [-0.2, -0.15) is 0 Å². The zero-order valence-electron chi connectivity index (χ0n) is 10.2. The third-order valence-electron chi connectivity index (χ3n) is 3.19. The lowest BCUT2D eigenvalue weighted by Crippen LogP contribution is -2.36. The largest absolute Gasteiger partial charge is 0.307 e. The van der Waals surface area contributed by atoms with Gasteiger partial charge in [0, 0.05) is 18.9 Å². The Morgan fingerprint density at radius 1 is 1.32 bits per heavy atom. The van der Waals surface area contributed by atoms with Crippen molar-refractivity contribution in [3.8, 4) is 0 Å². The second kappa shape index (κ2) is 4.76. The molecule has 0 saturated heterocycles. The zero-order valence-corrected chi connectivity index (χ0v) is 10.2. The van der Waals surface area contributed by atoms with E-state index in [0.717, 1.165) is 18.4 Å².